The Hall–Kier alpha value is -2.87. The van der Waals surface area contributed by atoms with E-state index in [-0.39, 0.29) is 19.0 Å². The lowest BCUT2D eigenvalue weighted by Crippen LogP contribution is -2.21. The third-order valence-electron chi connectivity index (χ3n) is 3.80. The lowest BCUT2D eigenvalue weighted by Gasteiger charge is -2.11. The van der Waals surface area contributed by atoms with Crippen LogP contribution in [0.25, 0.3) is 0 Å². The summed E-state index contributed by atoms with van der Waals surface area (Å²) >= 11 is 1.30. The smallest absolute Gasteiger partial charge is 0.341 e. The van der Waals surface area contributed by atoms with Gasteiger partial charge in [0.15, 0.2) is 18.1 Å². The molecule has 144 valence electrons. The number of nitrogens with one attached hydrogen (secondary N) is 1. The summed E-state index contributed by atoms with van der Waals surface area (Å²) in [7, 11) is 1.46. The zero-order chi connectivity index (χ0) is 20.0. The number of rotatable bonds is 8. The van der Waals surface area contributed by atoms with Gasteiger partial charge >= 0.3 is 5.97 Å². The van der Waals surface area contributed by atoms with E-state index in [0.717, 1.165) is 10.4 Å². The zero-order valence-corrected chi connectivity index (χ0v) is 16.4. The second-order valence-electron chi connectivity index (χ2n) is 5.57. The van der Waals surface area contributed by atoms with Crippen molar-refractivity contribution in [1.29, 1.82) is 0 Å². The fraction of sp³-hybridized carbons (Fsp3) is 0.316. The van der Waals surface area contributed by atoms with Crippen molar-refractivity contribution in [3.63, 3.8) is 0 Å². The molecule has 2 aromatic rings. The number of hydrogen-bond acceptors (Lipinski definition) is 7. The number of anilines is 1. The van der Waals surface area contributed by atoms with Crippen molar-refractivity contribution < 1.29 is 28.6 Å². The van der Waals surface area contributed by atoms with Crippen LogP contribution in [-0.4, -0.2) is 38.5 Å². The second-order valence-corrected chi connectivity index (χ2v) is 6.80. The average Bonchev–Trinajstić information content (AvgIpc) is 2.93. The summed E-state index contributed by atoms with van der Waals surface area (Å²) in [6.07, 6.45) is 0.676. The predicted molar refractivity (Wildman–Crippen MR) is 102 cm³/mol. The van der Waals surface area contributed by atoms with Crippen molar-refractivity contribution in [2.24, 2.45) is 0 Å². The van der Waals surface area contributed by atoms with E-state index < -0.39 is 11.9 Å². The number of carbonyl (C=O) groups is 3. The van der Waals surface area contributed by atoms with Gasteiger partial charge in [-0.3, -0.25) is 9.59 Å². The number of carbonyl (C=O) groups excluding carboxylic acids is 3. The first kappa shape index (κ1) is 20.4. The minimum Gasteiger partial charge on any atom is -0.493 e. The molecule has 1 N–H and O–H groups in total. The van der Waals surface area contributed by atoms with Crippen LogP contribution >= 0.6 is 11.3 Å². The Morgan fingerprint density at radius 3 is 2.59 bits per heavy atom. The fourth-order valence-electron chi connectivity index (χ4n) is 2.35. The molecule has 0 aliphatic heterocycles. The third-order valence-corrected chi connectivity index (χ3v) is 4.92. The normalized spacial score (nSPS) is 10.2. The molecule has 0 saturated heterocycles. The van der Waals surface area contributed by atoms with Crippen LogP contribution in [0, 0.1) is 13.8 Å². The molecule has 0 unspecified atom stereocenters. The third kappa shape index (κ3) is 4.85. The van der Waals surface area contributed by atoms with Crippen molar-refractivity contribution >= 4 is 34.5 Å². The van der Waals surface area contributed by atoms with Crippen molar-refractivity contribution in [3.05, 3.63) is 39.8 Å². The number of hydrogen-bond donors (Lipinski definition) is 1. The molecule has 0 fully saturated rings. The first-order chi connectivity index (χ1) is 12.9. The van der Waals surface area contributed by atoms with E-state index in [1.165, 1.54) is 24.5 Å². The molecule has 1 heterocycles. The maximum Gasteiger partial charge on any atom is 0.341 e. The highest BCUT2D eigenvalue weighted by molar-refractivity contribution is 7.16. The largest absolute Gasteiger partial charge is 0.493 e. The molecule has 2 rings (SSSR count). The molecule has 0 radical (unpaired) electrons. The maximum absolute atomic E-state index is 12.3. The molecule has 0 aliphatic rings. The van der Waals surface area contributed by atoms with E-state index in [2.05, 4.69) is 5.32 Å². The number of esters is 1. The van der Waals surface area contributed by atoms with Gasteiger partial charge in [0.05, 0.1) is 19.3 Å². The molecule has 1 aromatic heterocycles. The van der Waals surface area contributed by atoms with E-state index in [9.17, 15) is 14.4 Å². The molecule has 0 aliphatic carbocycles. The highest BCUT2D eigenvalue weighted by Gasteiger charge is 2.22. The lowest BCUT2D eigenvalue weighted by atomic mass is 10.1. The van der Waals surface area contributed by atoms with Crippen molar-refractivity contribution in [1.82, 2.24) is 0 Å². The van der Waals surface area contributed by atoms with Gasteiger partial charge in [0.25, 0.3) is 5.91 Å². The first-order valence-corrected chi connectivity index (χ1v) is 9.05. The van der Waals surface area contributed by atoms with E-state index in [4.69, 9.17) is 14.2 Å². The van der Waals surface area contributed by atoms with Gasteiger partial charge in [0, 0.05) is 10.4 Å². The zero-order valence-electron chi connectivity index (χ0n) is 15.6. The van der Waals surface area contributed by atoms with Crippen LogP contribution in [0.15, 0.2) is 18.2 Å². The van der Waals surface area contributed by atoms with Crippen LogP contribution in [-0.2, 0) is 9.53 Å². The summed E-state index contributed by atoms with van der Waals surface area (Å²) in [5.74, 6) is -0.235. The van der Waals surface area contributed by atoms with Gasteiger partial charge in [0.1, 0.15) is 11.3 Å². The molecule has 0 spiro atoms. The van der Waals surface area contributed by atoms with Crippen LogP contribution in [0.2, 0.25) is 0 Å². The summed E-state index contributed by atoms with van der Waals surface area (Å²) in [5.41, 5.74) is 1.53. The van der Waals surface area contributed by atoms with Gasteiger partial charge in [-0.2, -0.15) is 0 Å². The number of benzene rings is 1. The van der Waals surface area contributed by atoms with Crippen LogP contribution in [0.4, 0.5) is 5.00 Å². The number of aldehydes is 1. The highest BCUT2D eigenvalue weighted by Crippen LogP contribution is 2.33. The topological polar surface area (TPSA) is 90.9 Å². The van der Waals surface area contributed by atoms with E-state index >= 15 is 0 Å². The maximum atomic E-state index is 12.3. The Morgan fingerprint density at radius 2 is 1.96 bits per heavy atom. The Morgan fingerprint density at radius 1 is 1.22 bits per heavy atom. The lowest BCUT2D eigenvalue weighted by molar-refractivity contribution is -0.118. The standard InChI is InChI=1S/C19H21NO6S/c1-5-25-19(23)17-11(2)12(3)27-18(17)20-16(22)10-26-15-8-13(9-21)6-7-14(15)24-4/h6-9H,5,10H2,1-4H3,(H,20,22). The second kappa shape index (κ2) is 9.18. The molecule has 0 atom stereocenters. The molecular formula is C19H21NO6S. The van der Waals surface area contributed by atoms with Crippen LogP contribution in [0.5, 0.6) is 11.5 Å². The Balaban J connectivity index is 2.12. The number of amides is 1. The van der Waals surface area contributed by atoms with E-state index in [0.29, 0.717) is 28.2 Å². The number of ether oxygens (including phenoxy) is 3. The van der Waals surface area contributed by atoms with Gasteiger partial charge in [-0.15, -0.1) is 11.3 Å². The SMILES string of the molecule is CCOC(=O)c1c(NC(=O)COc2cc(C=O)ccc2OC)sc(C)c1C. The summed E-state index contributed by atoms with van der Waals surface area (Å²) in [6, 6.07) is 4.66. The van der Waals surface area contributed by atoms with Crippen LogP contribution in [0.3, 0.4) is 0 Å². The highest BCUT2D eigenvalue weighted by atomic mass is 32.1. The quantitative estimate of drug-likeness (QED) is 0.548. The van der Waals surface area contributed by atoms with Gasteiger partial charge in [-0.25, -0.2) is 4.79 Å². The van der Waals surface area contributed by atoms with E-state index in [1.807, 2.05) is 6.92 Å². The van der Waals surface area contributed by atoms with Crippen LogP contribution in [0.1, 0.15) is 38.1 Å². The molecule has 1 aromatic carbocycles. The molecule has 1 amide bonds. The van der Waals surface area contributed by atoms with Crippen molar-refractivity contribution in [2.75, 3.05) is 25.6 Å². The first-order valence-electron chi connectivity index (χ1n) is 8.24. The van der Waals surface area contributed by atoms with Crippen molar-refractivity contribution in [2.45, 2.75) is 20.8 Å². The molecule has 8 heteroatoms. The van der Waals surface area contributed by atoms with Crippen LogP contribution < -0.4 is 14.8 Å². The average molecular weight is 391 g/mol. The molecule has 0 saturated carbocycles. The number of aryl methyl sites for hydroxylation is 1. The predicted octanol–water partition coefficient (Wildman–Crippen LogP) is 3.38. The van der Waals surface area contributed by atoms with Gasteiger partial charge in [0.2, 0.25) is 0 Å². The summed E-state index contributed by atoms with van der Waals surface area (Å²) < 4.78 is 15.7. The molecule has 7 nitrogen and oxygen atoms in total. The van der Waals surface area contributed by atoms with Gasteiger partial charge in [-0.05, 0) is 44.5 Å². The molecule has 27 heavy (non-hydrogen) atoms. The Labute approximate surface area is 161 Å². The Kier molecular flexibility index (Phi) is 6.95. The minimum absolute atomic E-state index is 0.247. The fourth-order valence-corrected chi connectivity index (χ4v) is 3.41. The number of thiophene rings is 1. The summed E-state index contributed by atoms with van der Waals surface area (Å²) in [6.45, 7) is 5.33. The summed E-state index contributed by atoms with van der Waals surface area (Å²) in [4.78, 5) is 36.3. The molecule has 0 bridgehead atoms. The Bertz CT molecular complexity index is 858. The van der Waals surface area contributed by atoms with Gasteiger partial charge in [-0.1, -0.05) is 0 Å². The van der Waals surface area contributed by atoms with Gasteiger partial charge < -0.3 is 19.5 Å². The summed E-state index contributed by atoms with van der Waals surface area (Å²) in [5, 5.41) is 3.11. The van der Waals surface area contributed by atoms with E-state index in [1.54, 1.807) is 26.0 Å². The monoisotopic (exact) mass is 391 g/mol. The molecular weight excluding hydrogens is 370 g/mol. The van der Waals surface area contributed by atoms with Crippen molar-refractivity contribution in [3.8, 4) is 11.5 Å². The minimum atomic E-state index is -0.476. The number of methoxy groups -OCH3 is 1.